The second-order valence-electron chi connectivity index (χ2n) is 13.3. The van der Waals surface area contributed by atoms with Gasteiger partial charge in [-0.3, -0.25) is 4.79 Å². The Hall–Kier alpha value is -3.91. The zero-order chi connectivity index (χ0) is 40.0. The summed E-state index contributed by atoms with van der Waals surface area (Å²) in [5, 5.41) is 125. The molecule has 0 aliphatic carbocycles. The van der Waals surface area contributed by atoms with Gasteiger partial charge in [0, 0.05) is 17.7 Å². The van der Waals surface area contributed by atoms with Crippen molar-refractivity contribution in [3.63, 3.8) is 0 Å². The highest BCUT2D eigenvalue weighted by Crippen LogP contribution is 2.40. The molecule has 3 fully saturated rings. The lowest BCUT2D eigenvalue weighted by atomic mass is 9.97. The van der Waals surface area contributed by atoms with Gasteiger partial charge in [0.15, 0.2) is 29.8 Å². The zero-order valence-electron chi connectivity index (χ0n) is 29.0. The number of hydrogen-bond donors (Lipinski definition) is 12. The van der Waals surface area contributed by atoms with E-state index < -0.39 is 133 Å². The SMILES string of the molecule is COc1cc(-c2oc3cc(O)cc(O)c3c(=O)c2OC2OC(COC3OC(C)C(O)C(OC4OC(CO)C(O)C(O)C4O)C3O)C(O)C(O)C2O)ccc1O. The average Bonchev–Trinajstić information content (AvgIpc) is 3.15. The Bertz CT molecular complexity index is 1870. The molecule has 55 heavy (non-hydrogen) atoms. The van der Waals surface area contributed by atoms with Gasteiger partial charge < -0.3 is 98.9 Å². The van der Waals surface area contributed by atoms with Crippen molar-refractivity contribution in [3.05, 3.63) is 40.6 Å². The van der Waals surface area contributed by atoms with Crippen LogP contribution in [0.25, 0.3) is 22.3 Å². The molecule has 15 unspecified atom stereocenters. The van der Waals surface area contributed by atoms with E-state index >= 15 is 0 Å². The maximum absolute atomic E-state index is 13.9. The Balaban J connectivity index is 1.24. The van der Waals surface area contributed by atoms with Crippen LogP contribution in [0.15, 0.2) is 39.5 Å². The van der Waals surface area contributed by atoms with Crippen LogP contribution in [0.2, 0.25) is 0 Å². The molecular formula is C34H42O21. The Morgan fingerprint density at radius 1 is 0.709 bits per heavy atom. The fourth-order valence-electron chi connectivity index (χ4n) is 6.47. The van der Waals surface area contributed by atoms with E-state index in [1.54, 1.807) is 0 Å². The molecule has 3 saturated heterocycles. The van der Waals surface area contributed by atoms with Crippen LogP contribution in [0.5, 0.6) is 28.7 Å². The second-order valence-corrected chi connectivity index (χ2v) is 13.3. The van der Waals surface area contributed by atoms with E-state index in [1.165, 1.54) is 32.2 Å². The third-order valence-corrected chi connectivity index (χ3v) is 9.61. The van der Waals surface area contributed by atoms with Crippen molar-refractivity contribution in [2.24, 2.45) is 0 Å². The minimum Gasteiger partial charge on any atom is -0.508 e. The molecule has 6 rings (SSSR count). The number of phenolic OH excluding ortho intramolecular Hbond substituents is 3. The molecule has 2 aromatic carbocycles. The van der Waals surface area contributed by atoms with E-state index in [2.05, 4.69) is 0 Å². The molecule has 0 amide bonds. The summed E-state index contributed by atoms with van der Waals surface area (Å²) in [7, 11) is 1.26. The van der Waals surface area contributed by atoms with Crippen LogP contribution in [0, 0.1) is 0 Å². The molecule has 15 atom stereocenters. The third-order valence-electron chi connectivity index (χ3n) is 9.61. The van der Waals surface area contributed by atoms with E-state index in [-0.39, 0.29) is 28.4 Å². The zero-order valence-corrected chi connectivity index (χ0v) is 29.0. The summed E-state index contributed by atoms with van der Waals surface area (Å²) < 4.78 is 44.7. The Morgan fingerprint density at radius 2 is 1.36 bits per heavy atom. The molecule has 21 heteroatoms. The number of benzene rings is 2. The van der Waals surface area contributed by atoms with Crippen molar-refractivity contribution in [1.29, 1.82) is 0 Å². The van der Waals surface area contributed by atoms with Crippen molar-refractivity contribution in [1.82, 2.24) is 0 Å². The van der Waals surface area contributed by atoms with E-state index in [9.17, 15) is 66.1 Å². The van der Waals surface area contributed by atoms with Crippen LogP contribution in [0.4, 0.5) is 0 Å². The molecule has 1 aromatic heterocycles. The Morgan fingerprint density at radius 3 is 2.04 bits per heavy atom. The number of rotatable bonds is 10. The highest BCUT2D eigenvalue weighted by atomic mass is 16.7. The van der Waals surface area contributed by atoms with Crippen molar-refractivity contribution in [3.8, 4) is 40.1 Å². The molecule has 0 saturated carbocycles. The molecule has 0 radical (unpaired) electrons. The number of hydrogen-bond acceptors (Lipinski definition) is 21. The van der Waals surface area contributed by atoms with Gasteiger partial charge in [0.1, 0.15) is 89.6 Å². The van der Waals surface area contributed by atoms with Crippen LogP contribution in [-0.4, -0.2) is 174 Å². The number of fused-ring (bicyclic) bond motifs is 1. The first-order valence-electron chi connectivity index (χ1n) is 16.9. The van der Waals surface area contributed by atoms with E-state index in [1.807, 2.05) is 0 Å². The number of methoxy groups -OCH3 is 1. The smallest absolute Gasteiger partial charge is 0.239 e. The number of ether oxygens (including phenoxy) is 7. The molecule has 304 valence electrons. The normalized spacial score (nSPS) is 36.8. The molecule has 0 spiro atoms. The molecular weight excluding hydrogens is 744 g/mol. The molecule has 0 bridgehead atoms. The van der Waals surface area contributed by atoms with Crippen molar-refractivity contribution in [2.45, 2.75) is 99.0 Å². The second kappa shape index (κ2) is 16.3. The van der Waals surface area contributed by atoms with Gasteiger partial charge in [0.2, 0.25) is 17.5 Å². The maximum atomic E-state index is 13.9. The molecule has 4 heterocycles. The molecule has 3 aromatic rings. The number of aliphatic hydroxyl groups excluding tert-OH is 9. The van der Waals surface area contributed by atoms with Crippen molar-refractivity contribution in [2.75, 3.05) is 20.3 Å². The highest BCUT2D eigenvalue weighted by molar-refractivity contribution is 5.88. The first kappa shape index (κ1) is 40.7. The van der Waals surface area contributed by atoms with Gasteiger partial charge in [-0.2, -0.15) is 0 Å². The predicted octanol–water partition coefficient (Wildman–Crippen LogP) is -3.56. The summed E-state index contributed by atoms with van der Waals surface area (Å²) in [6.45, 7) is -0.106. The van der Waals surface area contributed by atoms with E-state index in [4.69, 9.17) is 37.6 Å². The van der Waals surface area contributed by atoms with Gasteiger partial charge in [0.25, 0.3) is 0 Å². The van der Waals surface area contributed by atoms with Crippen molar-refractivity contribution >= 4 is 11.0 Å². The van der Waals surface area contributed by atoms with E-state index in [0.29, 0.717) is 0 Å². The lowest BCUT2D eigenvalue weighted by Gasteiger charge is -2.46. The van der Waals surface area contributed by atoms with Crippen LogP contribution >= 0.6 is 0 Å². The summed E-state index contributed by atoms with van der Waals surface area (Å²) in [5.41, 5.74) is -1.25. The number of aliphatic hydroxyl groups is 9. The van der Waals surface area contributed by atoms with Gasteiger partial charge in [-0.15, -0.1) is 0 Å². The standard InChI is InChI=1S/C34H42O21/c1-10-20(39)30(54-33-26(45)24(43)21(40)17(8-35)52-33)28(47)32(50-10)49-9-18-22(41)25(44)27(46)34(53-18)55-31-23(42)19-14(38)6-12(36)7-16(19)51-29(31)11-3-4-13(37)15(5-11)48-2/h3-7,10,17-18,20-22,24-28,30,32-41,43-47H,8-9H2,1-2H3. The molecule has 3 aliphatic heterocycles. The molecule has 3 aliphatic rings. The van der Waals surface area contributed by atoms with Crippen LogP contribution in [0.3, 0.4) is 0 Å². The van der Waals surface area contributed by atoms with Gasteiger partial charge in [-0.1, -0.05) is 0 Å². The average molecular weight is 787 g/mol. The van der Waals surface area contributed by atoms with Crippen LogP contribution in [-0.2, 0) is 23.7 Å². The van der Waals surface area contributed by atoms with Gasteiger partial charge in [0.05, 0.1) is 26.4 Å². The lowest BCUT2D eigenvalue weighted by molar-refractivity contribution is -0.361. The summed E-state index contributed by atoms with van der Waals surface area (Å²) in [5.74, 6) is -2.53. The fourth-order valence-corrected chi connectivity index (χ4v) is 6.47. The number of aromatic hydroxyl groups is 3. The maximum Gasteiger partial charge on any atom is 0.239 e. The molecule has 12 N–H and O–H groups in total. The quantitative estimate of drug-likeness (QED) is 0.0946. The topological polar surface area (TPSA) is 338 Å². The fraction of sp³-hybridized carbons (Fsp3) is 0.559. The Labute approximate surface area is 309 Å². The summed E-state index contributed by atoms with van der Waals surface area (Å²) in [4.78, 5) is 13.9. The first-order chi connectivity index (χ1) is 26.1. The number of phenols is 3. The van der Waals surface area contributed by atoms with E-state index in [0.717, 1.165) is 12.1 Å². The van der Waals surface area contributed by atoms with Gasteiger partial charge in [-0.25, -0.2) is 0 Å². The Kier molecular flexibility index (Phi) is 12.1. The van der Waals surface area contributed by atoms with Gasteiger partial charge >= 0.3 is 0 Å². The van der Waals surface area contributed by atoms with Crippen molar-refractivity contribution < 1.29 is 98.9 Å². The summed E-state index contributed by atoms with van der Waals surface area (Å²) in [6, 6.07) is 5.70. The van der Waals surface area contributed by atoms with Gasteiger partial charge in [-0.05, 0) is 25.1 Å². The highest BCUT2D eigenvalue weighted by Gasteiger charge is 2.51. The predicted molar refractivity (Wildman–Crippen MR) is 178 cm³/mol. The third kappa shape index (κ3) is 7.77. The summed E-state index contributed by atoms with van der Waals surface area (Å²) >= 11 is 0. The van der Waals surface area contributed by atoms with Crippen LogP contribution < -0.4 is 14.9 Å². The molecule has 21 nitrogen and oxygen atoms in total. The first-order valence-corrected chi connectivity index (χ1v) is 16.9. The minimum atomic E-state index is -2.03. The van der Waals surface area contributed by atoms with Crippen LogP contribution in [0.1, 0.15) is 6.92 Å². The lowest BCUT2D eigenvalue weighted by Crippen LogP contribution is -2.64. The minimum absolute atomic E-state index is 0.0514. The monoisotopic (exact) mass is 786 g/mol. The summed E-state index contributed by atoms with van der Waals surface area (Å²) in [6.07, 6.45) is -25.8. The largest absolute Gasteiger partial charge is 0.508 e.